The lowest BCUT2D eigenvalue weighted by atomic mass is 9.85. The molecule has 0 atom stereocenters. The SMILES string of the molecule is CC(C)(C)OC(=O)N1CCN(CC2CN(c3cnc(-c4ccc5c(c4)C(C)(C)C(=O)N5c4ccc(C#N)c(Cl)c4)nc3)C2)CC1. The first-order valence-electron chi connectivity index (χ1n) is 15.3. The van der Waals surface area contributed by atoms with Gasteiger partial charge in [0.25, 0.3) is 0 Å². The Morgan fingerprint density at radius 3 is 2.36 bits per heavy atom. The van der Waals surface area contributed by atoms with Crippen LogP contribution in [-0.2, 0) is 14.9 Å². The number of nitrogens with zero attached hydrogens (tertiary/aromatic N) is 7. The number of benzene rings is 2. The van der Waals surface area contributed by atoms with Gasteiger partial charge in [0.05, 0.1) is 45.5 Å². The van der Waals surface area contributed by atoms with Crippen LogP contribution < -0.4 is 9.80 Å². The van der Waals surface area contributed by atoms with E-state index in [1.165, 1.54) is 0 Å². The van der Waals surface area contributed by atoms with Gasteiger partial charge in [-0.25, -0.2) is 14.8 Å². The first-order chi connectivity index (χ1) is 21.3. The molecule has 2 saturated heterocycles. The van der Waals surface area contributed by atoms with Gasteiger partial charge in [0.1, 0.15) is 11.7 Å². The fraction of sp³-hybridized carbons (Fsp3) is 0.441. The lowest BCUT2D eigenvalue weighted by molar-refractivity contribution is -0.121. The summed E-state index contributed by atoms with van der Waals surface area (Å²) in [4.78, 5) is 43.5. The molecule has 0 aliphatic carbocycles. The molecule has 0 N–H and O–H groups in total. The normalized spacial score (nSPS) is 18.4. The number of fused-ring (bicyclic) bond motifs is 1. The molecular formula is C34H38ClN7O3. The summed E-state index contributed by atoms with van der Waals surface area (Å²) in [5, 5.41) is 9.56. The maximum atomic E-state index is 13.6. The van der Waals surface area contributed by atoms with Crippen molar-refractivity contribution in [2.24, 2.45) is 5.92 Å². The van der Waals surface area contributed by atoms with Gasteiger partial charge < -0.3 is 14.5 Å². The van der Waals surface area contributed by atoms with Crippen molar-refractivity contribution in [3.63, 3.8) is 0 Å². The number of halogens is 1. The third kappa shape index (κ3) is 6.07. The molecule has 10 nitrogen and oxygen atoms in total. The zero-order chi connectivity index (χ0) is 32.1. The highest BCUT2D eigenvalue weighted by atomic mass is 35.5. The fourth-order valence-corrected chi connectivity index (χ4v) is 6.42. The van der Waals surface area contributed by atoms with Gasteiger partial charge in [-0.2, -0.15) is 5.26 Å². The average molecular weight is 628 g/mol. The minimum Gasteiger partial charge on any atom is -0.444 e. The van der Waals surface area contributed by atoms with E-state index in [1.807, 2.05) is 65.2 Å². The van der Waals surface area contributed by atoms with E-state index in [9.17, 15) is 14.9 Å². The zero-order valence-electron chi connectivity index (χ0n) is 26.4. The second-order valence-corrected chi connectivity index (χ2v) is 14.0. The number of nitriles is 1. The standard InChI is InChI=1S/C34H38ClN7O3/c1-33(2,3)45-32(44)40-12-10-39(11-13-40)19-22-20-41(21-22)26-17-37-30(38-18-26)23-7-9-29-27(14-23)34(4,5)31(43)42(29)25-8-6-24(16-36)28(35)15-25/h6-9,14-15,17-18,22H,10-13,19-21H2,1-5H3. The van der Waals surface area contributed by atoms with Crippen molar-refractivity contribution in [3.05, 3.63) is 64.9 Å². The van der Waals surface area contributed by atoms with E-state index in [1.54, 1.807) is 28.0 Å². The van der Waals surface area contributed by atoms with Gasteiger partial charge in [-0.3, -0.25) is 14.6 Å². The number of anilines is 3. The van der Waals surface area contributed by atoms with Gasteiger partial charge in [0.2, 0.25) is 5.91 Å². The molecule has 2 aromatic carbocycles. The molecule has 0 spiro atoms. The molecule has 0 saturated carbocycles. The number of carbonyl (C=O) groups excluding carboxylic acids is 2. The number of rotatable bonds is 5. The molecule has 2 amide bonds. The number of hydrogen-bond acceptors (Lipinski definition) is 8. The summed E-state index contributed by atoms with van der Waals surface area (Å²) >= 11 is 6.29. The molecule has 45 heavy (non-hydrogen) atoms. The largest absolute Gasteiger partial charge is 0.444 e. The second-order valence-electron chi connectivity index (χ2n) is 13.6. The van der Waals surface area contributed by atoms with Crippen LogP contribution in [0, 0.1) is 17.2 Å². The Bertz CT molecular complexity index is 1660. The number of aromatic nitrogens is 2. The molecule has 6 rings (SSSR count). The first kappa shape index (κ1) is 30.8. The van der Waals surface area contributed by atoms with E-state index in [0.717, 1.165) is 55.2 Å². The van der Waals surface area contributed by atoms with E-state index in [0.29, 0.717) is 41.1 Å². The van der Waals surface area contributed by atoms with Gasteiger partial charge in [0, 0.05) is 57.3 Å². The predicted octanol–water partition coefficient (Wildman–Crippen LogP) is 5.61. The molecule has 0 bridgehead atoms. The Labute approximate surface area is 269 Å². The number of carbonyl (C=O) groups is 2. The maximum absolute atomic E-state index is 13.6. The van der Waals surface area contributed by atoms with Gasteiger partial charge in [-0.1, -0.05) is 11.6 Å². The minimum absolute atomic E-state index is 0.0658. The Morgan fingerprint density at radius 1 is 1.04 bits per heavy atom. The van der Waals surface area contributed by atoms with E-state index >= 15 is 0 Å². The molecule has 3 aromatic rings. The third-order valence-electron chi connectivity index (χ3n) is 8.74. The Hall–Kier alpha value is -4.20. The Balaban J connectivity index is 1.07. The van der Waals surface area contributed by atoms with Crippen LogP contribution in [0.1, 0.15) is 45.7 Å². The topological polar surface area (TPSA) is 106 Å². The van der Waals surface area contributed by atoms with E-state index in [2.05, 4.69) is 25.8 Å². The van der Waals surface area contributed by atoms with E-state index < -0.39 is 11.0 Å². The van der Waals surface area contributed by atoms with Crippen molar-refractivity contribution in [1.82, 2.24) is 19.8 Å². The summed E-state index contributed by atoms with van der Waals surface area (Å²) in [7, 11) is 0. The van der Waals surface area contributed by atoms with Gasteiger partial charge in [-0.05, 0) is 76.6 Å². The Kier molecular flexibility index (Phi) is 7.96. The first-order valence-corrected chi connectivity index (χ1v) is 15.7. The van der Waals surface area contributed by atoms with Crippen LogP contribution in [0.4, 0.5) is 21.9 Å². The highest BCUT2D eigenvalue weighted by molar-refractivity contribution is 6.32. The van der Waals surface area contributed by atoms with Gasteiger partial charge in [-0.15, -0.1) is 0 Å². The zero-order valence-corrected chi connectivity index (χ0v) is 27.1. The van der Waals surface area contributed by atoms with Crippen LogP contribution in [0.15, 0.2) is 48.8 Å². The summed E-state index contributed by atoms with van der Waals surface area (Å²) in [6.07, 6.45) is 3.51. The molecule has 11 heteroatoms. The molecule has 3 aliphatic rings. The molecule has 3 aliphatic heterocycles. The summed E-state index contributed by atoms with van der Waals surface area (Å²) in [6.45, 7) is 15.5. The average Bonchev–Trinajstić information content (AvgIpc) is 3.18. The van der Waals surface area contributed by atoms with Crippen LogP contribution in [0.25, 0.3) is 11.4 Å². The summed E-state index contributed by atoms with van der Waals surface area (Å²) < 4.78 is 5.51. The van der Waals surface area contributed by atoms with Gasteiger partial charge >= 0.3 is 6.09 Å². The third-order valence-corrected chi connectivity index (χ3v) is 9.05. The second kappa shape index (κ2) is 11.6. The van der Waals surface area contributed by atoms with Crippen molar-refractivity contribution in [2.75, 3.05) is 55.6 Å². The van der Waals surface area contributed by atoms with Crippen molar-refractivity contribution < 1.29 is 14.3 Å². The minimum atomic E-state index is -0.763. The highest BCUT2D eigenvalue weighted by Gasteiger charge is 2.45. The summed E-state index contributed by atoms with van der Waals surface area (Å²) in [5.41, 5.74) is 3.25. The number of ether oxygens (including phenoxy) is 1. The molecule has 234 valence electrons. The highest BCUT2D eigenvalue weighted by Crippen LogP contribution is 2.47. The van der Waals surface area contributed by atoms with Crippen molar-refractivity contribution in [2.45, 2.75) is 45.6 Å². The van der Waals surface area contributed by atoms with Crippen LogP contribution in [-0.4, -0.2) is 83.2 Å². The maximum Gasteiger partial charge on any atom is 0.410 e. The summed E-state index contributed by atoms with van der Waals surface area (Å²) in [5.74, 6) is 1.09. The number of piperazine rings is 1. The van der Waals surface area contributed by atoms with E-state index in [4.69, 9.17) is 16.3 Å². The molecule has 0 radical (unpaired) electrons. The van der Waals surface area contributed by atoms with Crippen LogP contribution >= 0.6 is 11.6 Å². The van der Waals surface area contributed by atoms with Crippen LogP contribution in [0.5, 0.6) is 0 Å². The Morgan fingerprint density at radius 2 is 1.73 bits per heavy atom. The van der Waals surface area contributed by atoms with Crippen molar-refractivity contribution in [1.29, 1.82) is 5.26 Å². The monoisotopic (exact) mass is 627 g/mol. The molecular weight excluding hydrogens is 590 g/mol. The van der Waals surface area contributed by atoms with E-state index in [-0.39, 0.29) is 12.0 Å². The smallest absolute Gasteiger partial charge is 0.410 e. The van der Waals surface area contributed by atoms with Crippen LogP contribution in [0.3, 0.4) is 0 Å². The summed E-state index contributed by atoms with van der Waals surface area (Å²) in [6, 6.07) is 13.0. The van der Waals surface area contributed by atoms with Crippen molar-refractivity contribution >= 4 is 40.7 Å². The number of hydrogen-bond donors (Lipinski definition) is 0. The quantitative estimate of drug-likeness (QED) is 0.359. The lowest BCUT2D eigenvalue weighted by Crippen LogP contribution is -2.56. The predicted molar refractivity (Wildman–Crippen MR) is 174 cm³/mol. The fourth-order valence-electron chi connectivity index (χ4n) is 6.20. The van der Waals surface area contributed by atoms with Crippen LogP contribution in [0.2, 0.25) is 5.02 Å². The lowest BCUT2D eigenvalue weighted by Gasteiger charge is -2.44. The number of amides is 2. The van der Waals surface area contributed by atoms with Gasteiger partial charge in [0.15, 0.2) is 5.82 Å². The molecule has 0 unspecified atom stereocenters. The van der Waals surface area contributed by atoms with Crippen molar-refractivity contribution in [3.8, 4) is 17.5 Å². The molecule has 1 aromatic heterocycles. The molecule has 2 fully saturated rings. The molecule has 4 heterocycles.